The normalized spacial score (nSPS) is 13.5. The van der Waals surface area contributed by atoms with Gasteiger partial charge in [-0.15, -0.1) is 0 Å². The summed E-state index contributed by atoms with van der Waals surface area (Å²) in [5, 5.41) is 22.2. The van der Waals surface area contributed by atoms with Gasteiger partial charge < -0.3 is 21.8 Å². The van der Waals surface area contributed by atoms with E-state index in [9.17, 15) is 15.1 Å². The van der Waals surface area contributed by atoms with E-state index in [4.69, 9.17) is 11.5 Å². The van der Waals surface area contributed by atoms with E-state index in [-0.39, 0.29) is 18.1 Å². The van der Waals surface area contributed by atoms with Gasteiger partial charge in [-0.05, 0) is 28.8 Å². The number of rotatable bonds is 2. The van der Waals surface area contributed by atoms with E-state index in [1.807, 2.05) is 0 Å². The van der Waals surface area contributed by atoms with E-state index in [1.165, 1.54) is 0 Å². The number of fused-ring (bicyclic) bond motifs is 3. The number of carbonyl (C=O) groups is 1. The average Bonchev–Trinajstić information content (AvgIpc) is 2.86. The molecule has 0 radical (unpaired) electrons. The van der Waals surface area contributed by atoms with Crippen LogP contribution in [-0.4, -0.2) is 27.9 Å². The fourth-order valence-electron chi connectivity index (χ4n) is 2.77. The number of nitrogens with zero attached hydrogens (tertiary/aromatic N) is 2. The Morgan fingerprint density at radius 3 is 2.52 bits per heavy atom. The first kappa shape index (κ1) is 14.7. The Balaban J connectivity index is 2.20. The molecule has 1 aliphatic carbocycles. The third kappa shape index (κ3) is 2.33. The minimum absolute atomic E-state index is 0.143. The molecule has 0 bridgehead atoms. The van der Waals surface area contributed by atoms with E-state index in [0.29, 0.717) is 22.4 Å². The maximum Gasteiger partial charge on any atom is 0.280 e. The van der Waals surface area contributed by atoms with Crippen molar-refractivity contribution in [1.29, 1.82) is 0 Å². The van der Waals surface area contributed by atoms with Crippen LogP contribution in [0.15, 0.2) is 46.5 Å². The molecule has 3 rings (SSSR count). The molecule has 7 heteroatoms. The lowest BCUT2D eigenvalue weighted by atomic mass is 9.99. The topological polar surface area (TPSA) is 134 Å². The second kappa shape index (κ2) is 5.54. The first-order chi connectivity index (χ1) is 11.1. The smallest absolute Gasteiger partial charge is 0.280 e. The predicted octanol–water partition coefficient (Wildman–Crippen LogP) is 0.799. The molecule has 0 saturated carbocycles. The Hall–Kier alpha value is -3.19. The zero-order valence-electron chi connectivity index (χ0n) is 12.0. The lowest BCUT2D eigenvalue weighted by Gasteiger charge is -2.06. The van der Waals surface area contributed by atoms with E-state index in [0.717, 1.165) is 11.1 Å². The van der Waals surface area contributed by atoms with Crippen molar-refractivity contribution in [3.05, 3.63) is 58.7 Å². The number of benzene rings is 2. The first-order valence-electron chi connectivity index (χ1n) is 6.80. The van der Waals surface area contributed by atoms with Crippen LogP contribution >= 0.6 is 0 Å². The molecule has 0 aliphatic heterocycles. The Kier molecular flexibility index (Phi) is 3.55. The lowest BCUT2D eigenvalue weighted by molar-refractivity contribution is 0.100. The molecule has 1 aliphatic rings. The van der Waals surface area contributed by atoms with Crippen molar-refractivity contribution in [2.75, 3.05) is 0 Å². The van der Waals surface area contributed by atoms with Crippen molar-refractivity contribution in [3.8, 4) is 11.1 Å². The number of amides is 1. The number of aliphatic imine (C=N–C) groups is 1. The van der Waals surface area contributed by atoms with Crippen LogP contribution in [0.4, 0.5) is 0 Å². The van der Waals surface area contributed by atoms with Gasteiger partial charge in [-0.3, -0.25) is 4.79 Å². The summed E-state index contributed by atoms with van der Waals surface area (Å²) in [5.41, 5.74) is 14.6. The van der Waals surface area contributed by atoms with Crippen LogP contribution in [0.1, 0.15) is 27.0 Å². The van der Waals surface area contributed by atoms with Gasteiger partial charge in [0.25, 0.3) is 5.91 Å². The van der Waals surface area contributed by atoms with Gasteiger partial charge in [0.15, 0.2) is 5.96 Å². The fraction of sp³-hybridized carbons (Fsp3) is 0.0625. The Bertz CT molecular complexity index is 868. The number of oxime groups is 1. The fourth-order valence-corrected chi connectivity index (χ4v) is 2.77. The summed E-state index contributed by atoms with van der Waals surface area (Å²) in [6.45, 7) is -0.143. The molecule has 2 aromatic rings. The van der Waals surface area contributed by atoms with Crippen LogP contribution in [0.25, 0.3) is 11.1 Å². The molecule has 7 nitrogen and oxygen atoms in total. The van der Waals surface area contributed by atoms with Gasteiger partial charge >= 0.3 is 0 Å². The monoisotopic (exact) mass is 310 g/mol. The molecule has 0 saturated heterocycles. The van der Waals surface area contributed by atoms with Gasteiger partial charge in [0, 0.05) is 16.7 Å². The van der Waals surface area contributed by atoms with Crippen LogP contribution in [0.3, 0.4) is 0 Å². The molecule has 23 heavy (non-hydrogen) atoms. The van der Waals surface area contributed by atoms with E-state index >= 15 is 0 Å². The molecule has 0 aromatic heterocycles. The maximum atomic E-state index is 12.0. The first-order valence-corrected chi connectivity index (χ1v) is 6.80. The van der Waals surface area contributed by atoms with Crippen molar-refractivity contribution >= 4 is 17.6 Å². The summed E-state index contributed by atoms with van der Waals surface area (Å²) < 4.78 is 0. The van der Waals surface area contributed by atoms with Crippen LogP contribution in [0.2, 0.25) is 0 Å². The number of aliphatic hydroxyl groups is 1. The number of guanidine groups is 1. The minimum Gasteiger partial charge on any atom is -0.410 e. The van der Waals surface area contributed by atoms with Gasteiger partial charge in [-0.2, -0.15) is 4.99 Å². The minimum atomic E-state index is -0.580. The van der Waals surface area contributed by atoms with Gasteiger partial charge in [0.1, 0.15) is 5.71 Å². The summed E-state index contributed by atoms with van der Waals surface area (Å²) in [6.07, 6.45) is 0. The van der Waals surface area contributed by atoms with Gasteiger partial charge in [-0.1, -0.05) is 29.4 Å². The maximum absolute atomic E-state index is 12.0. The molecule has 0 spiro atoms. The predicted molar refractivity (Wildman–Crippen MR) is 85.4 cm³/mol. The summed E-state index contributed by atoms with van der Waals surface area (Å²) in [6, 6.07) is 10.2. The highest BCUT2D eigenvalue weighted by Gasteiger charge is 2.28. The quantitative estimate of drug-likeness (QED) is 0.240. The van der Waals surface area contributed by atoms with Crippen LogP contribution < -0.4 is 11.5 Å². The molecular weight excluding hydrogens is 296 g/mol. The number of aliphatic hydroxyl groups excluding tert-OH is 1. The average molecular weight is 310 g/mol. The Labute approximate surface area is 131 Å². The highest BCUT2D eigenvalue weighted by atomic mass is 16.4. The lowest BCUT2D eigenvalue weighted by Crippen LogP contribution is -2.24. The third-order valence-electron chi connectivity index (χ3n) is 3.70. The van der Waals surface area contributed by atoms with Crippen molar-refractivity contribution in [3.63, 3.8) is 0 Å². The highest BCUT2D eigenvalue weighted by Crippen LogP contribution is 2.39. The molecule has 2 aromatic carbocycles. The largest absolute Gasteiger partial charge is 0.410 e. The molecule has 0 unspecified atom stereocenters. The van der Waals surface area contributed by atoms with E-state index in [1.54, 1.807) is 36.4 Å². The second-order valence-electron chi connectivity index (χ2n) is 5.05. The molecule has 116 valence electrons. The van der Waals surface area contributed by atoms with Gasteiger partial charge in [0.2, 0.25) is 0 Å². The molecule has 0 atom stereocenters. The molecular formula is C16H14N4O3. The van der Waals surface area contributed by atoms with E-state index < -0.39 is 5.91 Å². The SMILES string of the molecule is NC(N)=NC(=O)c1ccc2c(c1)/C(=N\O)c1cccc(CO)c1-2. The van der Waals surface area contributed by atoms with Crippen LogP contribution in [0, 0.1) is 0 Å². The standard InChI is InChI=1S/C16H14N4O3/c17-16(18)19-15(22)8-4-5-10-12(6-8)14(20-23)11-3-1-2-9(7-21)13(10)11/h1-6,21,23H,7H2,(H4,17,18,19,22)/b20-14-. The Morgan fingerprint density at radius 1 is 1.09 bits per heavy atom. The zero-order chi connectivity index (χ0) is 16.6. The van der Waals surface area contributed by atoms with E-state index in [2.05, 4.69) is 10.1 Å². The van der Waals surface area contributed by atoms with Gasteiger partial charge in [0.05, 0.1) is 6.61 Å². The number of nitrogens with two attached hydrogens (primary N) is 2. The number of carbonyl (C=O) groups excluding carboxylic acids is 1. The summed E-state index contributed by atoms with van der Waals surface area (Å²) in [5.74, 6) is -0.902. The molecule has 6 N–H and O–H groups in total. The molecule has 1 amide bonds. The zero-order valence-corrected chi connectivity index (χ0v) is 12.0. The van der Waals surface area contributed by atoms with Crippen LogP contribution in [-0.2, 0) is 6.61 Å². The van der Waals surface area contributed by atoms with Crippen LogP contribution in [0.5, 0.6) is 0 Å². The molecule has 0 heterocycles. The van der Waals surface area contributed by atoms with Crippen molar-refractivity contribution in [1.82, 2.24) is 0 Å². The Morgan fingerprint density at radius 2 is 1.87 bits per heavy atom. The number of hydrogen-bond donors (Lipinski definition) is 4. The van der Waals surface area contributed by atoms with Crippen molar-refractivity contribution in [2.45, 2.75) is 6.61 Å². The number of hydrogen-bond acceptors (Lipinski definition) is 4. The van der Waals surface area contributed by atoms with Crippen molar-refractivity contribution < 1.29 is 15.1 Å². The summed E-state index contributed by atoms with van der Waals surface area (Å²) >= 11 is 0. The second-order valence-corrected chi connectivity index (χ2v) is 5.05. The van der Waals surface area contributed by atoms with Crippen molar-refractivity contribution in [2.24, 2.45) is 21.6 Å². The summed E-state index contributed by atoms with van der Waals surface area (Å²) in [4.78, 5) is 15.5. The molecule has 0 fully saturated rings. The highest BCUT2D eigenvalue weighted by molar-refractivity contribution is 6.25. The van der Waals surface area contributed by atoms with Gasteiger partial charge in [-0.25, -0.2) is 0 Å². The summed E-state index contributed by atoms with van der Waals surface area (Å²) in [7, 11) is 0. The third-order valence-corrected chi connectivity index (χ3v) is 3.70.